The molecule has 1 saturated heterocycles. The third kappa shape index (κ3) is 18.0. The lowest BCUT2D eigenvalue weighted by atomic mass is 10.2. The molecule has 0 spiro atoms. The van der Waals surface area contributed by atoms with E-state index in [1.54, 1.807) is 0 Å². The van der Waals surface area contributed by atoms with Crippen molar-refractivity contribution in [3.63, 3.8) is 0 Å². The summed E-state index contributed by atoms with van der Waals surface area (Å²) in [6.07, 6.45) is 3.03. The highest BCUT2D eigenvalue weighted by atomic mass is 31.1. The van der Waals surface area contributed by atoms with Crippen molar-refractivity contribution in [2.45, 2.75) is 35.1 Å². The first-order valence-corrected chi connectivity index (χ1v) is 5.25. The third-order valence-electron chi connectivity index (χ3n) is 0.986. The number of hydrogen-bond acceptors (Lipinski definition) is 0. The molecular weight excluding hydrogens is 150 g/mol. The van der Waals surface area contributed by atoms with Crippen LogP contribution in [0.4, 0.5) is 0 Å². The molecule has 0 atom stereocenters. The van der Waals surface area contributed by atoms with Gasteiger partial charge in [0, 0.05) is 8.41 Å². The van der Waals surface area contributed by atoms with Gasteiger partial charge in [0.2, 0.25) is 0 Å². The van der Waals surface area contributed by atoms with Crippen LogP contribution < -0.4 is 0 Å². The molecule has 0 saturated carbocycles. The quantitative estimate of drug-likeness (QED) is 0.391. The van der Waals surface area contributed by atoms with E-state index >= 15 is 0 Å². The van der Waals surface area contributed by atoms with E-state index in [9.17, 15) is 0 Å². The lowest BCUT2D eigenvalue weighted by Gasteiger charge is -2.19. The molecule has 2 heteroatoms. The molecule has 0 bridgehead atoms. The minimum Gasteiger partial charge on any atom is -0.122 e. The molecule has 1 rings (SSSR count). The van der Waals surface area contributed by atoms with Crippen LogP contribution >= 0.6 is 8.58 Å². The van der Waals surface area contributed by atoms with Crippen LogP contribution in [-0.4, -0.2) is 20.7 Å². The molecule has 2 radical (unpaired) electrons. The first-order valence-electron chi connectivity index (χ1n) is 3.83. The summed E-state index contributed by atoms with van der Waals surface area (Å²) in [7, 11) is 1.30. The molecule has 0 N–H and O–H groups in total. The molecule has 0 nitrogen and oxygen atoms in total. The largest absolute Gasteiger partial charge is 0.122 e. The van der Waals surface area contributed by atoms with E-state index in [1.165, 1.54) is 20.9 Å². The maximum Gasteiger partial charge on any atom is 0.0379 e. The lowest BCUT2D eigenvalue weighted by molar-refractivity contribution is 0.713. The SMILES string of the molecule is C.CC(C)C.CC1CPC1.[BH]. The van der Waals surface area contributed by atoms with E-state index in [0.29, 0.717) is 0 Å². The van der Waals surface area contributed by atoms with Crippen molar-refractivity contribution in [3.05, 3.63) is 0 Å². The molecule has 1 aliphatic rings. The molecule has 0 aliphatic carbocycles. The molecule has 0 aromatic heterocycles. The van der Waals surface area contributed by atoms with Gasteiger partial charge in [-0.1, -0.05) is 35.1 Å². The fourth-order valence-corrected chi connectivity index (χ4v) is 1.30. The summed E-state index contributed by atoms with van der Waals surface area (Å²) in [6, 6.07) is 0. The van der Waals surface area contributed by atoms with Crippen molar-refractivity contribution in [2.24, 2.45) is 11.8 Å². The highest BCUT2D eigenvalue weighted by Gasteiger charge is 2.09. The van der Waals surface area contributed by atoms with E-state index in [0.717, 1.165) is 11.8 Å². The summed E-state index contributed by atoms with van der Waals surface area (Å²) in [4.78, 5) is 0. The van der Waals surface area contributed by atoms with Gasteiger partial charge in [-0.3, -0.25) is 0 Å². The van der Waals surface area contributed by atoms with Crippen LogP contribution in [0.1, 0.15) is 35.1 Å². The van der Waals surface area contributed by atoms with Crippen molar-refractivity contribution in [2.75, 3.05) is 12.3 Å². The van der Waals surface area contributed by atoms with E-state index in [4.69, 9.17) is 0 Å². The van der Waals surface area contributed by atoms with Crippen molar-refractivity contribution < 1.29 is 0 Å². The lowest BCUT2D eigenvalue weighted by Crippen LogP contribution is -2.09. The Morgan fingerprint density at radius 2 is 1.36 bits per heavy atom. The first kappa shape index (κ1) is 17.5. The predicted octanol–water partition coefficient (Wildman–Crippen LogP) is 2.96. The Morgan fingerprint density at radius 1 is 1.18 bits per heavy atom. The average molecular weight is 174 g/mol. The van der Waals surface area contributed by atoms with Gasteiger partial charge in [-0.05, 0) is 24.2 Å². The van der Waals surface area contributed by atoms with Gasteiger partial charge in [0.05, 0.1) is 0 Å². The molecular formula is C9H24BP. The molecule has 0 unspecified atom stereocenters. The van der Waals surface area contributed by atoms with Crippen molar-refractivity contribution in [1.82, 2.24) is 0 Å². The zero-order chi connectivity index (χ0) is 7.28. The first-order chi connectivity index (χ1) is 4.13. The summed E-state index contributed by atoms with van der Waals surface area (Å²) < 4.78 is 0. The van der Waals surface area contributed by atoms with Crippen LogP contribution in [0.15, 0.2) is 0 Å². The monoisotopic (exact) mass is 174 g/mol. The smallest absolute Gasteiger partial charge is 0.0379 e. The van der Waals surface area contributed by atoms with Crippen LogP contribution in [0, 0.1) is 11.8 Å². The molecule has 11 heavy (non-hydrogen) atoms. The van der Waals surface area contributed by atoms with Gasteiger partial charge in [-0.15, -0.1) is 8.58 Å². The molecule has 0 amide bonds. The Balaban J connectivity index is -0.000000101. The van der Waals surface area contributed by atoms with E-state index in [2.05, 4.69) is 27.7 Å². The topological polar surface area (TPSA) is 0 Å². The average Bonchev–Trinajstić information content (AvgIpc) is 1.59. The van der Waals surface area contributed by atoms with Gasteiger partial charge < -0.3 is 0 Å². The molecule has 0 aromatic rings. The van der Waals surface area contributed by atoms with Gasteiger partial charge in [-0.2, -0.15) is 0 Å². The Kier molecular flexibility index (Phi) is 16.7. The Labute approximate surface area is 76.9 Å². The van der Waals surface area contributed by atoms with Crippen LogP contribution in [0.2, 0.25) is 0 Å². The maximum atomic E-state index is 2.32. The third-order valence-corrected chi connectivity index (χ3v) is 2.96. The Morgan fingerprint density at radius 3 is 1.36 bits per heavy atom. The standard InChI is InChI=1S/C4H9P.C4H10.CH4.BH/c1-4-2-5-3-4;1-4(2)3;;/h4-5H,2-3H2,1H3;4H,1-3H3;1H4;1H. The van der Waals surface area contributed by atoms with E-state index in [1.807, 2.05) is 0 Å². The zero-order valence-electron chi connectivity index (χ0n) is 7.78. The summed E-state index contributed by atoms with van der Waals surface area (Å²) in [6.45, 7) is 8.82. The minimum atomic E-state index is 0. The molecule has 1 aliphatic heterocycles. The molecule has 0 aromatic carbocycles. The number of hydrogen-bond donors (Lipinski definition) is 0. The van der Waals surface area contributed by atoms with Gasteiger partial charge in [0.15, 0.2) is 0 Å². The maximum absolute atomic E-state index is 2.32. The molecule has 1 fully saturated rings. The summed E-state index contributed by atoms with van der Waals surface area (Å²) in [5.41, 5.74) is 0. The van der Waals surface area contributed by atoms with Crippen LogP contribution in [0.5, 0.6) is 0 Å². The second kappa shape index (κ2) is 10.5. The highest BCUT2D eigenvalue weighted by molar-refractivity contribution is 7.39. The van der Waals surface area contributed by atoms with Gasteiger partial charge in [0.25, 0.3) is 0 Å². The van der Waals surface area contributed by atoms with Crippen molar-refractivity contribution in [3.8, 4) is 0 Å². The van der Waals surface area contributed by atoms with E-state index < -0.39 is 0 Å². The molecule has 68 valence electrons. The summed E-state index contributed by atoms with van der Waals surface area (Å²) >= 11 is 0. The van der Waals surface area contributed by atoms with Gasteiger partial charge in [0.1, 0.15) is 0 Å². The van der Waals surface area contributed by atoms with E-state index in [-0.39, 0.29) is 15.8 Å². The zero-order valence-corrected chi connectivity index (χ0v) is 8.78. The van der Waals surface area contributed by atoms with Crippen LogP contribution in [0.3, 0.4) is 0 Å². The van der Waals surface area contributed by atoms with Crippen LogP contribution in [-0.2, 0) is 0 Å². The fourth-order valence-electron chi connectivity index (χ4n) is 0.433. The summed E-state index contributed by atoms with van der Waals surface area (Å²) in [5.74, 6) is 1.91. The van der Waals surface area contributed by atoms with Gasteiger partial charge in [-0.25, -0.2) is 0 Å². The van der Waals surface area contributed by atoms with Crippen LogP contribution in [0.25, 0.3) is 0 Å². The van der Waals surface area contributed by atoms with Crippen molar-refractivity contribution in [1.29, 1.82) is 0 Å². The van der Waals surface area contributed by atoms with Crippen molar-refractivity contribution >= 4 is 17.0 Å². The van der Waals surface area contributed by atoms with Gasteiger partial charge >= 0.3 is 0 Å². The predicted molar refractivity (Wildman–Crippen MR) is 61.6 cm³/mol. The second-order valence-corrected chi connectivity index (χ2v) is 4.81. The fraction of sp³-hybridized carbons (Fsp3) is 1.00. The Bertz CT molecular complexity index is 57.8. The molecule has 1 heterocycles. The Hall–Kier alpha value is 0.495. The number of rotatable bonds is 0. The summed E-state index contributed by atoms with van der Waals surface area (Å²) in [5, 5.41) is 0. The highest BCUT2D eigenvalue weighted by Crippen LogP contribution is 2.29. The minimum absolute atomic E-state index is 0. The normalized spacial score (nSPS) is 22.1. The second-order valence-electron chi connectivity index (χ2n) is 3.50.